The lowest BCUT2D eigenvalue weighted by atomic mass is 9.81. The molecule has 35 heavy (non-hydrogen) atoms. The van der Waals surface area contributed by atoms with Gasteiger partial charge in [0.1, 0.15) is 12.4 Å². The third kappa shape index (κ3) is 7.49. The maximum atomic E-state index is 13.0. The standard InChI is InChI=1S/C16H22FN.C9H5F6NO/c17-13-9-7-12(8-10-13)14-4-3-5-15(14)16-6-1-2-11-18-16;10-8(11,12)6-1-5(4-16-17)2-7(3-6)9(13,14)15/h7-10,14-16,18H,1-6,11H2;1-3H,4H2/t14?,15?,16-;/m1./s1. The van der Waals surface area contributed by atoms with Crippen molar-refractivity contribution < 1.29 is 30.7 Å². The normalized spacial score (nSPS) is 22.9. The molecule has 2 aromatic rings. The zero-order valence-corrected chi connectivity index (χ0v) is 18.9. The number of hydrogen-bond donors (Lipinski definition) is 1. The van der Waals surface area contributed by atoms with Crippen molar-refractivity contribution in [3.8, 4) is 0 Å². The van der Waals surface area contributed by atoms with Gasteiger partial charge in [0, 0.05) is 6.04 Å². The minimum Gasteiger partial charge on any atom is -0.314 e. The quantitative estimate of drug-likeness (QED) is 0.340. The zero-order chi connectivity index (χ0) is 25.6. The number of nitrogens with zero attached hydrogens (tertiary/aromatic N) is 1. The summed E-state index contributed by atoms with van der Waals surface area (Å²) in [6.45, 7) is 0.435. The van der Waals surface area contributed by atoms with Crippen LogP contribution in [-0.4, -0.2) is 12.6 Å². The smallest absolute Gasteiger partial charge is 0.314 e. The Morgan fingerprint density at radius 2 is 1.46 bits per heavy atom. The van der Waals surface area contributed by atoms with Crippen molar-refractivity contribution in [2.24, 2.45) is 11.1 Å². The lowest BCUT2D eigenvalue weighted by Gasteiger charge is -2.33. The molecule has 3 nitrogen and oxygen atoms in total. The van der Waals surface area contributed by atoms with E-state index in [1.165, 1.54) is 50.6 Å². The van der Waals surface area contributed by atoms with Gasteiger partial charge in [0.05, 0.1) is 11.1 Å². The van der Waals surface area contributed by atoms with E-state index in [1.54, 1.807) is 12.1 Å². The molecule has 2 aliphatic rings. The van der Waals surface area contributed by atoms with Gasteiger partial charge in [-0.2, -0.15) is 31.2 Å². The molecule has 0 amide bonds. The molecule has 3 atom stereocenters. The number of halogens is 7. The van der Waals surface area contributed by atoms with E-state index in [1.807, 2.05) is 12.1 Å². The van der Waals surface area contributed by atoms with Gasteiger partial charge >= 0.3 is 12.4 Å². The SMILES string of the molecule is Fc1ccc(C2CCCC2[C@H]2CCCCN2)cc1.O=NCc1cc(C(F)(F)F)cc(C(F)(F)F)c1. The molecule has 1 saturated heterocycles. The van der Waals surface area contributed by atoms with Crippen LogP contribution in [0.5, 0.6) is 0 Å². The van der Waals surface area contributed by atoms with E-state index in [4.69, 9.17) is 0 Å². The van der Waals surface area contributed by atoms with E-state index in [0.717, 1.165) is 5.92 Å². The van der Waals surface area contributed by atoms with Crippen LogP contribution >= 0.6 is 0 Å². The highest BCUT2D eigenvalue weighted by Crippen LogP contribution is 2.43. The topological polar surface area (TPSA) is 41.5 Å². The summed E-state index contributed by atoms with van der Waals surface area (Å²) in [6.07, 6.45) is -1.87. The number of nitroso groups, excluding NO2 is 1. The first-order valence-electron chi connectivity index (χ1n) is 11.6. The van der Waals surface area contributed by atoms with Gasteiger partial charge in [-0.25, -0.2) is 4.39 Å². The summed E-state index contributed by atoms with van der Waals surface area (Å²) in [7, 11) is 0. The second kappa shape index (κ2) is 11.5. The fourth-order valence-corrected chi connectivity index (χ4v) is 5.02. The summed E-state index contributed by atoms with van der Waals surface area (Å²) in [5.41, 5.74) is -2.00. The Labute approximate surface area is 199 Å². The third-order valence-electron chi connectivity index (χ3n) is 6.63. The van der Waals surface area contributed by atoms with Gasteiger partial charge in [0.25, 0.3) is 0 Å². The fraction of sp³-hybridized carbons (Fsp3) is 0.520. The van der Waals surface area contributed by atoms with Crippen molar-refractivity contribution in [2.75, 3.05) is 6.54 Å². The summed E-state index contributed by atoms with van der Waals surface area (Å²) in [5, 5.41) is 5.97. The van der Waals surface area contributed by atoms with E-state index < -0.39 is 35.6 Å². The number of nitrogens with one attached hydrogen (secondary N) is 1. The van der Waals surface area contributed by atoms with E-state index >= 15 is 0 Å². The van der Waals surface area contributed by atoms with Crippen LogP contribution in [0.3, 0.4) is 0 Å². The van der Waals surface area contributed by atoms with Gasteiger partial charge < -0.3 is 5.32 Å². The van der Waals surface area contributed by atoms with Crippen molar-refractivity contribution >= 4 is 0 Å². The summed E-state index contributed by atoms with van der Waals surface area (Å²) >= 11 is 0. The first-order valence-corrected chi connectivity index (χ1v) is 11.6. The van der Waals surface area contributed by atoms with Crippen molar-refractivity contribution in [1.82, 2.24) is 5.32 Å². The number of piperidine rings is 1. The zero-order valence-electron chi connectivity index (χ0n) is 18.9. The molecule has 4 rings (SSSR count). The molecular weight excluding hydrogens is 477 g/mol. The lowest BCUT2D eigenvalue weighted by molar-refractivity contribution is -0.143. The summed E-state index contributed by atoms with van der Waals surface area (Å²) in [5.74, 6) is 1.28. The average molecular weight is 504 g/mol. The second-order valence-electron chi connectivity index (χ2n) is 9.01. The monoisotopic (exact) mass is 504 g/mol. The minimum absolute atomic E-state index is 0.00565. The summed E-state index contributed by atoms with van der Waals surface area (Å²) < 4.78 is 86.8. The fourth-order valence-electron chi connectivity index (χ4n) is 5.02. The Bertz CT molecular complexity index is 935. The van der Waals surface area contributed by atoms with Crippen LogP contribution < -0.4 is 5.32 Å². The Hall–Kier alpha value is -2.49. The molecule has 2 fully saturated rings. The molecule has 2 aromatic carbocycles. The van der Waals surface area contributed by atoms with Crippen molar-refractivity contribution in [3.05, 3.63) is 75.4 Å². The van der Waals surface area contributed by atoms with Crippen molar-refractivity contribution in [2.45, 2.75) is 69.4 Å². The van der Waals surface area contributed by atoms with Crippen LogP contribution in [0.1, 0.15) is 66.7 Å². The van der Waals surface area contributed by atoms with Crippen LogP contribution in [0.2, 0.25) is 0 Å². The van der Waals surface area contributed by atoms with Crippen LogP contribution in [0.25, 0.3) is 0 Å². The Kier molecular flexibility index (Phi) is 8.90. The molecule has 0 bridgehead atoms. The lowest BCUT2D eigenvalue weighted by Crippen LogP contribution is -2.40. The predicted octanol–water partition coefficient (Wildman–Crippen LogP) is 7.84. The molecule has 192 valence electrons. The van der Waals surface area contributed by atoms with Gasteiger partial charge in [0.15, 0.2) is 0 Å². The highest BCUT2D eigenvalue weighted by Gasteiger charge is 2.37. The van der Waals surface area contributed by atoms with Crippen LogP contribution in [0.4, 0.5) is 30.7 Å². The van der Waals surface area contributed by atoms with Crippen LogP contribution in [-0.2, 0) is 18.9 Å². The van der Waals surface area contributed by atoms with Gasteiger partial charge in [-0.15, -0.1) is 0 Å². The van der Waals surface area contributed by atoms with Gasteiger partial charge in [-0.3, -0.25) is 0 Å². The summed E-state index contributed by atoms with van der Waals surface area (Å²) in [4.78, 5) is 9.88. The number of alkyl halides is 6. The summed E-state index contributed by atoms with van der Waals surface area (Å²) in [6, 6.07) is 8.82. The molecule has 1 saturated carbocycles. The molecule has 0 aromatic heterocycles. The third-order valence-corrected chi connectivity index (χ3v) is 6.63. The number of benzene rings is 2. The Morgan fingerprint density at radius 1 is 0.829 bits per heavy atom. The molecule has 0 radical (unpaired) electrons. The Balaban J connectivity index is 0.000000196. The van der Waals surface area contributed by atoms with E-state index in [2.05, 4.69) is 10.5 Å². The number of rotatable bonds is 4. The highest BCUT2D eigenvalue weighted by atomic mass is 19.4. The first kappa shape index (κ1) is 27.1. The molecule has 2 unspecified atom stereocenters. The molecule has 1 N–H and O–H groups in total. The largest absolute Gasteiger partial charge is 0.416 e. The van der Waals surface area contributed by atoms with E-state index in [0.29, 0.717) is 24.1 Å². The molecule has 1 heterocycles. The number of hydrogen-bond acceptors (Lipinski definition) is 3. The molecule has 0 spiro atoms. The highest BCUT2D eigenvalue weighted by molar-refractivity contribution is 5.33. The molecule has 1 aliphatic carbocycles. The molecule has 1 aliphatic heterocycles. The predicted molar refractivity (Wildman–Crippen MR) is 118 cm³/mol. The minimum atomic E-state index is -4.90. The van der Waals surface area contributed by atoms with Crippen LogP contribution in [0, 0.1) is 16.6 Å². The maximum Gasteiger partial charge on any atom is 0.416 e. The van der Waals surface area contributed by atoms with Gasteiger partial charge in [0.2, 0.25) is 0 Å². The van der Waals surface area contributed by atoms with Crippen molar-refractivity contribution in [1.29, 1.82) is 0 Å². The Morgan fingerprint density at radius 3 is 1.97 bits per heavy atom. The molecular formula is C25H27F7N2O. The van der Waals surface area contributed by atoms with Gasteiger partial charge in [-0.05, 0) is 85.5 Å². The molecule has 10 heteroatoms. The average Bonchev–Trinajstić information content (AvgIpc) is 3.29. The van der Waals surface area contributed by atoms with E-state index in [-0.39, 0.29) is 11.9 Å². The second-order valence-corrected chi connectivity index (χ2v) is 9.01. The first-order chi connectivity index (χ1) is 16.5. The van der Waals surface area contributed by atoms with E-state index in [9.17, 15) is 35.6 Å². The van der Waals surface area contributed by atoms with Crippen LogP contribution in [0.15, 0.2) is 47.6 Å². The van der Waals surface area contributed by atoms with Crippen molar-refractivity contribution in [3.63, 3.8) is 0 Å². The maximum absolute atomic E-state index is 13.0. The van der Waals surface area contributed by atoms with Gasteiger partial charge in [-0.1, -0.05) is 30.2 Å².